The molecule has 0 radical (unpaired) electrons. The Morgan fingerprint density at radius 3 is 0.897 bits per heavy atom. The van der Waals surface area contributed by atoms with E-state index in [1.54, 1.807) is 0 Å². The number of unbranched alkanes of at least 4 members (excludes halogenated alkanes) is 37. The van der Waals surface area contributed by atoms with E-state index in [0.29, 0.717) is 0 Å². The maximum absolute atomic E-state index is 7.07. The van der Waals surface area contributed by atoms with Crippen LogP contribution in [0.1, 0.15) is 309 Å². The molecule has 3 rings (SSSR count). The SMILES string of the molecule is CCCCCCCCCCCCCCCCCCCCOc1c(OCCCCCCCCCCCCCCCCCCCC)c2c[c]([Sn]([CH2]CCC)([CH2]CCC)[CH2]CCC)sc2c2sc(C)cc12. The van der Waals surface area contributed by atoms with E-state index in [1.165, 1.54) is 295 Å². The fourth-order valence-electron chi connectivity index (χ4n) is 11.0. The topological polar surface area (TPSA) is 18.5 Å². The second-order valence-corrected chi connectivity index (χ2v) is 38.4. The number of ether oxygens (including phenoxy) is 2. The van der Waals surface area contributed by atoms with Gasteiger partial charge in [0, 0.05) is 0 Å². The molecule has 0 unspecified atom stereocenters. The van der Waals surface area contributed by atoms with Crippen LogP contribution >= 0.6 is 22.7 Å². The Balaban J connectivity index is 1.53. The quantitative estimate of drug-likeness (QED) is 0.0414. The van der Waals surface area contributed by atoms with Crippen LogP contribution in [0.3, 0.4) is 0 Å². The van der Waals surface area contributed by atoms with Gasteiger partial charge < -0.3 is 0 Å². The van der Waals surface area contributed by atoms with Crippen molar-refractivity contribution in [2.45, 2.75) is 325 Å². The molecule has 394 valence electrons. The average Bonchev–Trinajstić information content (AvgIpc) is 3.98. The van der Waals surface area contributed by atoms with Gasteiger partial charge in [-0.2, -0.15) is 0 Å². The summed E-state index contributed by atoms with van der Waals surface area (Å²) in [7, 11) is 0. The van der Waals surface area contributed by atoms with Crippen LogP contribution in [0, 0.1) is 6.92 Å². The fourth-order valence-corrected chi connectivity index (χ4v) is 32.4. The van der Waals surface area contributed by atoms with Gasteiger partial charge in [-0.3, -0.25) is 0 Å². The Morgan fingerprint density at radius 1 is 0.324 bits per heavy atom. The van der Waals surface area contributed by atoms with Gasteiger partial charge in [0.2, 0.25) is 0 Å². The van der Waals surface area contributed by atoms with E-state index in [0.717, 1.165) is 37.6 Å². The summed E-state index contributed by atoms with van der Waals surface area (Å²) in [5.41, 5.74) is 0. The van der Waals surface area contributed by atoms with Gasteiger partial charge in [-0.05, 0) is 0 Å². The van der Waals surface area contributed by atoms with Crippen molar-refractivity contribution in [1.29, 1.82) is 0 Å². The third kappa shape index (κ3) is 26.0. The van der Waals surface area contributed by atoms with E-state index in [4.69, 9.17) is 9.47 Å². The summed E-state index contributed by atoms with van der Waals surface area (Å²) in [5.74, 6) is 2.15. The summed E-state index contributed by atoms with van der Waals surface area (Å²) in [6.07, 6.45) is 58.8. The first kappa shape index (κ1) is 61.8. The molecule has 0 aliphatic rings. The van der Waals surface area contributed by atoms with Crippen molar-refractivity contribution in [2.24, 2.45) is 0 Å². The molecule has 2 nitrogen and oxygen atoms in total. The molecule has 0 saturated heterocycles. The molecule has 0 bridgehead atoms. The van der Waals surface area contributed by atoms with Crippen LogP contribution in [0.25, 0.3) is 20.2 Å². The van der Waals surface area contributed by atoms with Gasteiger partial charge >= 0.3 is 265 Å². The molecular formula is C63H114O2S2Sn. The Morgan fingerprint density at radius 2 is 0.588 bits per heavy atom. The number of fused-ring (bicyclic) bond motifs is 3. The van der Waals surface area contributed by atoms with Crippen molar-refractivity contribution in [2.75, 3.05) is 13.2 Å². The average molecular weight is 1090 g/mol. The van der Waals surface area contributed by atoms with Crippen LogP contribution in [0.5, 0.6) is 11.5 Å². The van der Waals surface area contributed by atoms with Gasteiger partial charge in [0.1, 0.15) is 0 Å². The zero-order valence-electron chi connectivity index (χ0n) is 46.5. The molecule has 0 amide bonds. The normalized spacial score (nSPS) is 12.1. The van der Waals surface area contributed by atoms with Gasteiger partial charge in [0.05, 0.1) is 0 Å². The number of hydrogen-bond donors (Lipinski definition) is 0. The van der Waals surface area contributed by atoms with Crippen LogP contribution in [0.2, 0.25) is 13.3 Å². The van der Waals surface area contributed by atoms with Gasteiger partial charge in [0.25, 0.3) is 0 Å². The van der Waals surface area contributed by atoms with Crippen LogP contribution in [-0.2, 0) is 0 Å². The minimum absolute atomic E-state index is 0.799. The zero-order chi connectivity index (χ0) is 48.6. The zero-order valence-corrected chi connectivity index (χ0v) is 51.0. The molecule has 0 atom stereocenters. The molecule has 1 aromatic carbocycles. The molecule has 0 N–H and O–H groups in total. The first-order chi connectivity index (χ1) is 33.5. The van der Waals surface area contributed by atoms with Crippen molar-refractivity contribution in [1.82, 2.24) is 0 Å². The predicted molar refractivity (Wildman–Crippen MR) is 315 cm³/mol. The third-order valence-electron chi connectivity index (χ3n) is 15.5. The number of rotatable bonds is 50. The molecule has 0 aliphatic heterocycles. The fraction of sp³-hybridized carbons (Fsp3) is 0.841. The standard InChI is InChI=1S/C51H87O2S2.3C4H9.Sn/c1-4-6-8-10-12-14-16-18-20-22-24-26-28-30-32-34-36-38-41-52-48-46-40-43-54-50(46)51-47(44-45(3)55-51)49(48)53-42-39-37-35-33-31-29-27-25-23-21-19-17-15-13-11-9-7-5-2;3*1-3-4-2;/h40,44H,4-39,41-42H2,1-3H3;3*1,3-4H2,2H3;. The van der Waals surface area contributed by atoms with Crippen molar-refractivity contribution in [3.05, 3.63) is 17.0 Å². The van der Waals surface area contributed by atoms with Gasteiger partial charge in [-0.15, -0.1) is 0 Å². The van der Waals surface area contributed by atoms with Crippen LogP contribution in [-0.4, -0.2) is 31.6 Å². The molecule has 0 spiro atoms. The predicted octanol–water partition coefficient (Wildman–Crippen LogP) is 23.3. The number of aryl methyl sites for hydroxylation is 1. The molecule has 0 aliphatic carbocycles. The Kier molecular flexibility index (Phi) is 38.1. The molecule has 3 aromatic rings. The Hall–Kier alpha value is -0.461. The van der Waals surface area contributed by atoms with Gasteiger partial charge in [0.15, 0.2) is 0 Å². The monoisotopic (exact) mass is 1090 g/mol. The van der Waals surface area contributed by atoms with E-state index < -0.39 is 18.4 Å². The van der Waals surface area contributed by atoms with Crippen LogP contribution in [0.4, 0.5) is 0 Å². The van der Waals surface area contributed by atoms with Crippen molar-refractivity contribution in [3.63, 3.8) is 0 Å². The van der Waals surface area contributed by atoms with Crippen LogP contribution < -0.4 is 12.4 Å². The van der Waals surface area contributed by atoms with E-state index in [9.17, 15) is 0 Å². The van der Waals surface area contributed by atoms with E-state index in [-0.39, 0.29) is 0 Å². The second-order valence-electron chi connectivity index (χ2n) is 21.9. The van der Waals surface area contributed by atoms with Crippen molar-refractivity contribution in [3.8, 4) is 11.5 Å². The molecule has 5 heteroatoms. The van der Waals surface area contributed by atoms with Gasteiger partial charge in [-0.25, -0.2) is 0 Å². The molecule has 0 fully saturated rings. The first-order valence-corrected chi connectivity index (χ1v) is 39.9. The summed E-state index contributed by atoms with van der Waals surface area (Å²) in [5, 5.41) is 2.71. The maximum atomic E-state index is 7.07. The van der Waals surface area contributed by atoms with E-state index in [2.05, 4.69) is 65.0 Å². The molecule has 0 saturated carbocycles. The van der Waals surface area contributed by atoms with Crippen LogP contribution in [0.15, 0.2) is 12.1 Å². The second kappa shape index (κ2) is 42.0. The van der Waals surface area contributed by atoms with Crippen molar-refractivity contribution >= 4 is 64.1 Å². The number of hydrogen-bond acceptors (Lipinski definition) is 4. The summed E-state index contributed by atoms with van der Waals surface area (Å²) in [6, 6.07) is 5.13. The molecule has 2 heterocycles. The number of thiophene rings is 2. The minimum atomic E-state index is -2.65. The third-order valence-corrected chi connectivity index (χ3v) is 36.1. The van der Waals surface area contributed by atoms with E-state index in [1.807, 2.05) is 14.2 Å². The molecule has 2 aromatic heterocycles. The Labute approximate surface area is 436 Å². The molecule has 68 heavy (non-hydrogen) atoms. The summed E-state index contributed by atoms with van der Waals surface area (Å²) < 4.78 is 23.4. The van der Waals surface area contributed by atoms with Crippen molar-refractivity contribution < 1.29 is 9.47 Å². The summed E-state index contributed by atoms with van der Waals surface area (Å²) >= 11 is 1.56. The molecular weight excluding hydrogens is 972 g/mol. The van der Waals surface area contributed by atoms with Gasteiger partial charge in [-0.1, -0.05) is 174 Å². The first-order valence-electron chi connectivity index (χ1n) is 30.8. The number of benzene rings is 1. The summed E-state index contributed by atoms with van der Waals surface area (Å²) in [4.78, 5) is 1.40. The van der Waals surface area contributed by atoms with E-state index >= 15 is 0 Å². The summed E-state index contributed by atoms with van der Waals surface area (Å²) in [6.45, 7) is 15.8. The Bertz CT molecular complexity index is 1570.